The van der Waals surface area contributed by atoms with E-state index in [0.717, 1.165) is 31.1 Å². The molecule has 0 saturated heterocycles. The summed E-state index contributed by atoms with van der Waals surface area (Å²) in [6.07, 6.45) is 12.4. The maximum absolute atomic E-state index is 12.2. The second-order valence-electron chi connectivity index (χ2n) is 7.79. The summed E-state index contributed by atoms with van der Waals surface area (Å²) in [4.78, 5) is 12.2. The topological polar surface area (TPSA) is 39.4 Å². The van der Waals surface area contributed by atoms with Crippen LogP contribution in [0.3, 0.4) is 0 Å². The Balaban J connectivity index is 1.73. The quantitative estimate of drug-likeness (QED) is 0.438. The number of hydrogen-bond acceptors (Lipinski definition) is 3. The summed E-state index contributed by atoms with van der Waals surface area (Å²) in [7, 11) is 0. The molecule has 1 unspecified atom stereocenters. The van der Waals surface area contributed by atoms with E-state index in [1.165, 1.54) is 11.1 Å². The van der Waals surface area contributed by atoms with E-state index in [0.29, 0.717) is 16.9 Å². The molecule has 0 N–H and O–H groups in total. The van der Waals surface area contributed by atoms with E-state index in [1.54, 1.807) is 6.07 Å². The van der Waals surface area contributed by atoms with Gasteiger partial charge in [-0.05, 0) is 77.7 Å². The summed E-state index contributed by atoms with van der Waals surface area (Å²) >= 11 is 0. The van der Waals surface area contributed by atoms with Gasteiger partial charge in [0.15, 0.2) is 0 Å². The molecule has 27 heavy (non-hydrogen) atoms. The molecule has 1 aliphatic heterocycles. The Morgan fingerprint density at radius 2 is 1.89 bits per heavy atom. The lowest BCUT2D eigenvalue weighted by Gasteiger charge is -2.31. The van der Waals surface area contributed by atoms with Gasteiger partial charge in [-0.25, -0.2) is 4.79 Å². The zero-order valence-electron chi connectivity index (χ0n) is 16.7. The molecule has 2 aromatic rings. The van der Waals surface area contributed by atoms with Crippen LogP contribution in [-0.2, 0) is 0 Å². The molecule has 2 heterocycles. The standard InChI is InChI=1S/C24H28O3/c1-17(2)9-7-10-18(3)11-8-15-24(4)16-14-20-22(27-24)19-12-5-6-13-21(19)26-23(20)25/h5-6,9,11-14,16H,7-8,10,15H2,1-4H3/b18-11+. The molecule has 0 amide bonds. The number of rotatable bonds is 6. The van der Waals surface area contributed by atoms with Crippen LogP contribution in [-0.4, -0.2) is 5.60 Å². The van der Waals surface area contributed by atoms with Crippen molar-refractivity contribution < 1.29 is 9.15 Å². The molecule has 1 aromatic heterocycles. The normalized spacial score (nSPS) is 18.9. The second kappa shape index (κ2) is 7.99. The molecule has 1 aliphatic rings. The SMILES string of the molecule is CC(C)=CCC/C(C)=C/CCC1(C)C=Cc2c(c3ccccc3oc2=O)O1. The van der Waals surface area contributed by atoms with Gasteiger partial charge in [0.1, 0.15) is 22.5 Å². The Morgan fingerprint density at radius 3 is 2.67 bits per heavy atom. The molecule has 0 fully saturated rings. The summed E-state index contributed by atoms with van der Waals surface area (Å²) in [5.74, 6) is 0.635. The van der Waals surface area contributed by atoms with Gasteiger partial charge in [0.2, 0.25) is 0 Å². The fourth-order valence-electron chi connectivity index (χ4n) is 3.35. The molecular weight excluding hydrogens is 336 g/mol. The lowest BCUT2D eigenvalue weighted by atomic mass is 9.94. The van der Waals surface area contributed by atoms with E-state index in [4.69, 9.17) is 9.15 Å². The average molecular weight is 364 g/mol. The van der Waals surface area contributed by atoms with Crippen molar-refractivity contribution in [2.75, 3.05) is 0 Å². The number of benzene rings is 1. The van der Waals surface area contributed by atoms with Crippen LogP contribution in [0.4, 0.5) is 0 Å². The van der Waals surface area contributed by atoms with Crippen LogP contribution < -0.4 is 10.4 Å². The van der Waals surface area contributed by atoms with Crippen molar-refractivity contribution in [2.24, 2.45) is 0 Å². The van der Waals surface area contributed by atoms with Gasteiger partial charge >= 0.3 is 5.63 Å². The summed E-state index contributed by atoms with van der Waals surface area (Å²) in [6, 6.07) is 7.52. The average Bonchev–Trinajstić information content (AvgIpc) is 2.61. The van der Waals surface area contributed by atoms with Gasteiger partial charge in [0.05, 0.1) is 5.39 Å². The zero-order chi connectivity index (χ0) is 19.4. The number of fused-ring (bicyclic) bond motifs is 3. The van der Waals surface area contributed by atoms with Crippen LogP contribution in [0.15, 0.2) is 62.9 Å². The largest absolute Gasteiger partial charge is 0.482 e. The van der Waals surface area contributed by atoms with Gasteiger partial charge in [-0.1, -0.05) is 35.4 Å². The van der Waals surface area contributed by atoms with Crippen LogP contribution in [0, 0.1) is 0 Å². The summed E-state index contributed by atoms with van der Waals surface area (Å²) in [6.45, 7) is 8.53. The molecular formula is C24H28O3. The van der Waals surface area contributed by atoms with E-state index in [-0.39, 0.29) is 5.63 Å². The third kappa shape index (κ3) is 4.60. The molecule has 0 aliphatic carbocycles. The Labute approximate surface area is 161 Å². The van der Waals surface area contributed by atoms with Gasteiger partial charge in [-0.15, -0.1) is 0 Å². The smallest absolute Gasteiger partial charge is 0.347 e. The highest BCUT2D eigenvalue weighted by atomic mass is 16.5. The highest BCUT2D eigenvalue weighted by Gasteiger charge is 2.29. The van der Waals surface area contributed by atoms with E-state index in [1.807, 2.05) is 30.4 Å². The van der Waals surface area contributed by atoms with Crippen molar-refractivity contribution >= 4 is 17.0 Å². The molecule has 3 nitrogen and oxygen atoms in total. The number of hydrogen-bond donors (Lipinski definition) is 0. The Kier molecular flexibility index (Phi) is 5.69. The molecule has 142 valence electrons. The molecule has 3 rings (SSSR count). The van der Waals surface area contributed by atoms with Gasteiger partial charge in [-0.2, -0.15) is 0 Å². The minimum absolute atomic E-state index is 0.350. The maximum atomic E-state index is 12.2. The lowest BCUT2D eigenvalue weighted by Crippen LogP contribution is -2.33. The summed E-state index contributed by atoms with van der Waals surface area (Å²) in [5.41, 5.74) is 3.06. The number of allylic oxidation sites excluding steroid dienone is 4. The highest BCUT2D eigenvalue weighted by Crippen LogP contribution is 2.37. The fraction of sp³-hybridized carbons (Fsp3) is 0.375. The Morgan fingerprint density at radius 1 is 1.11 bits per heavy atom. The monoisotopic (exact) mass is 364 g/mol. The summed E-state index contributed by atoms with van der Waals surface area (Å²) < 4.78 is 11.7. The number of para-hydroxylation sites is 1. The minimum atomic E-state index is -0.430. The predicted octanol–water partition coefficient (Wildman–Crippen LogP) is 6.43. The van der Waals surface area contributed by atoms with Crippen LogP contribution in [0.25, 0.3) is 17.0 Å². The third-order valence-corrected chi connectivity index (χ3v) is 4.96. The van der Waals surface area contributed by atoms with E-state index in [9.17, 15) is 4.79 Å². The Hall–Kier alpha value is -2.55. The van der Waals surface area contributed by atoms with E-state index in [2.05, 4.69) is 39.8 Å². The minimum Gasteiger partial charge on any atom is -0.482 e. The third-order valence-electron chi connectivity index (χ3n) is 4.96. The highest BCUT2D eigenvalue weighted by molar-refractivity contribution is 5.87. The zero-order valence-corrected chi connectivity index (χ0v) is 16.7. The van der Waals surface area contributed by atoms with Gasteiger partial charge in [-0.3, -0.25) is 0 Å². The fourth-order valence-corrected chi connectivity index (χ4v) is 3.35. The first-order valence-corrected chi connectivity index (χ1v) is 9.61. The van der Waals surface area contributed by atoms with Crippen LogP contribution in [0.1, 0.15) is 58.9 Å². The first kappa shape index (κ1) is 19.2. The van der Waals surface area contributed by atoms with Crippen LogP contribution in [0.2, 0.25) is 0 Å². The number of ether oxygens (including phenoxy) is 1. The van der Waals surface area contributed by atoms with E-state index < -0.39 is 5.60 Å². The lowest BCUT2D eigenvalue weighted by molar-refractivity contribution is 0.130. The molecule has 0 saturated carbocycles. The van der Waals surface area contributed by atoms with Crippen LogP contribution >= 0.6 is 0 Å². The van der Waals surface area contributed by atoms with Crippen LogP contribution in [0.5, 0.6) is 5.75 Å². The van der Waals surface area contributed by atoms with Crippen molar-refractivity contribution in [3.8, 4) is 5.75 Å². The van der Waals surface area contributed by atoms with Crippen molar-refractivity contribution in [2.45, 2.75) is 59.0 Å². The van der Waals surface area contributed by atoms with Gasteiger partial charge in [0, 0.05) is 0 Å². The van der Waals surface area contributed by atoms with Crippen molar-refractivity contribution in [1.82, 2.24) is 0 Å². The molecule has 0 radical (unpaired) electrons. The van der Waals surface area contributed by atoms with Crippen molar-refractivity contribution in [3.05, 3.63) is 69.6 Å². The second-order valence-corrected chi connectivity index (χ2v) is 7.79. The van der Waals surface area contributed by atoms with Gasteiger partial charge < -0.3 is 9.15 Å². The van der Waals surface area contributed by atoms with Gasteiger partial charge in [0.25, 0.3) is 0 Å². The molecule has 1 atom stereocenters. The molecule has 3 heteroatoms. The predicted molar refractivity (Wildman–Crippen MR) is 112 cm³/mol. The maximum Gasteiger partial charge on any atom is 0.347 e. The van der Waals surface area contributed by atoms with Crippen molar-refractivity contribution in [3.63, 3.8) is 0 Å². The summed E-state index contributed by atoms with van der Waals surface area (Å²) in [5, 5.41) is 0.844. The first-order chi connectivity index (χ1) is 12.9. The molecule has 0 spiro atoms. The van der Waals surface area contributed by atoms with E-state index >= 15 is 0 Å². The molecule has 0 bridgehead atoms. The molecule has 1 aromatic carbocycles. The first-order valence-electron chi connectivity index (χ1n) is 9.61. The Bertz CT molecular complexity index is 971. The van der Waals surface area contributed by atoms with Crippen molar-refractivity contribution in [1.29, 1.82) is 0 Å².